The molecule has 0 radical (unpaired) electrons. The van der Waals surface area contributed by atoms with E-state index < -0.39 is 0 Å². The normalized spacial score (nSPS) is 14.5. The average molecular weight is 346 g/mol. The SMILES string of the molecule is Cc1ccccc1C(=O)N1CCN(c2ccc(-c3ccco3)cc2)CC1. The molecule has 0 aliphatic carbocycles. The molecule has 1 aromatic heterocycles. The van der Waals surface area contributed by atoms with Crippen molar-refractivity contribution in [3.05, 3.63) is 78.1 Å². The molecule has 4 heteroatoms. The highest BCUT2D eigenvalue weighted by Gasteiger charge is 2.23. The molecular formula is C22H22N2O2. The molecule has 0 unspecified atom stereocenters. The Morgan fingerprint density at radius 2 is 1.62 bits per heavy atom. The van der Waals surface area contributed by atoms with Gasteiger partial charge < -0.3 is 14.2 Å². The number of amides is 1. The maximum Gasteiger partial charge on any atom is 0.254 e. The molecular weight excluding hydrogens is 324 g/mol. The van der Waals surface area contributed by atoms with Crippen LogP contribution < -0.4 is 4.90 Å². The zero-order chi connectivity index (χ0) is 17.9. The second-order valence-corrected chi connectivity index (χ2v) is 6.62. The number of anilines is 1. The Kier molecular flexibility index (Phi) is 4.48. The Labute approximate surface area is 153 Å². The summed E-state index contributed by atoms with van der Waals surface area (Å²) >= 11 is 0. The van der Waals surface area contributed by atoms with Gasteiger partial charge in [0.2, 0.25) is 0 Å². The predicted molar refractivity (Wildman–Crippen MR) is 103 cm³/mol. The van der Waals surface area contributed by atoms with Crippen LogP contribution in [0.15, 0.2) is 71.3 Å². The first-order chi connectivity index (χ1) is 12.7. The molecule has 0 N–H and O–H groups in total. The van der Waals surface area contributed by atoms with E-state index in [2.05, 4.69) is 29.2 Å². The number of piperazine rings is 1. The number of benzene rings is 2. The zero-order valence-electron chi connectivity index (χ0n) is 14.9. The van der Waals surface area contributed by atoms with Gasteiger partial charge in [0.25, 0.3) is 5.91 Å². The smallest absolute Gasteiger partial charge is 0.254 e. The van der Waals surface area contributed by atoms with E-state index in [9.17, 15) is 4.79 Å². The number of hydrogen-bond acceptors (Lipinski definition) is 3. The van der Waals surface area contributed by atoms with E-state index >= 15 is 0 Å². The molecule has 3 aromatic rings. The number of furan rings is 1. The molecule has 132 valence electrons. The van der Waals surface area contributed by atoms with Gasteiger partial charge in [-0.25, -0.2) is 0 Å². The average Bonchev–Trinajstić information content (AvgIpc) is 3.23. The molecule has 0 spiro atoms. The summed E-state index contributed by atoms with van der Waals surface area (Å²) in [6, 6.07) is 20.1. The molecule has 0 saturated carbocycles. The summed E-state index contributed by atoms with van der Waals surface area (Å²) in [5.74, 6) is 1.01. The summed E-state index contributed by atoms with van der Waals surface area (Å²) in [6.07, 6.45) is 1.69. The number of hydrogen-bond donors (Lipinski definition) is 0. The van der Waals surface area contributed by atoms with Crippen molar-refractivity contribution >= 4 is 11.6 Å². The summed E-state index contributed by atoms with van der Waals surface area (Å²) in [5.41, 5.74) is 4.10. The zero-order valence-corrected chi connectivity index (χ0v) is 14.9. The van der Waals surface area contributed by atoms with Gasteiger partial charge in [-0.1, -0.05) is 18.2 Å². The first kappa shape index (κ1) is 16.5. The van der Waals surface area contributed by atoms with Gasteiger partial charge >= 0.3 is 0 Å². The summed E-state index contributed by atoms with van der Waals surface area (Å²) in [4.78, 5) is 17.0. The van der Waals surface area contributed by atoms with E-state index in [1.54, 1.807) is 6.26 Å². The van der Waals surface area contributed by atoms with Crippen LogP contribution in [0.5, 0.6) is 0 Å². The fraction of sp³-hybridized carbons (Fsp3) is 0.227. The van der Waals surface area contributed by atoms with Crippen molar-refractivity contribution in [3.63, 3.8) is 0 Å². The minimum absolute atomic E-state index is 0.135. The molecule has 0 bridgehead atoms. The maximum absolute atomic E-state index is 12.7. The Balaban J connectivity index is 1.40. The van der Waals surface area contributed by atoms with Crippen molar-refractivity contribution in [1.82, 2.24) is 4.90 Å². The van der Waals surface area contributed by atoms with Crippen molar-refractivity contribution in [1.29, 1.82) is 0 Å². The van der Waals surface area contributed by atoms with Crippen molar-refractivity contribution in [2.75, 3.05) is 31.1 Å². The van der Waals surface area contributed by atoms with Gasteiger partial charge in [0.05, 0.1) is 6.26 Å². The van der Waals surface area contributed by atoms with Crippen LogP contribution in [0.3, 0.4) is 0 Å². The second-order valence-electron chi connectivity index (χ2n) is 6.62. The lowest BCUT2D eigenvalue weighted by atomic mass is 10.1. The first-order valence-corrected chi connectivity index (χ1v) is 8.96. The van der Waals surface area contributed by atoms with Crippen molar-refractivity contribution in [3.8, 4) is 11.3 Å². The van der Waals surface area contributed by atoms with Gasteiger partial charge in [-0.15, -0.1) is 0 Å². The van der Waals surface area contributed by atoms with Gasteiger partial charge in [-0.3, -0.25) is 4.79 Å². The molecule has 0 atom stereocenters. The molecule has 1 saturated heterocycles. The van der Waals surface area contributed by atoms with Crippen molar-refractivity contribution in [2.45, 2.75) is 6.92 Å². The molecule has 26 heavy (non-hydrogen) atoms. The summed E-state index contributed by atoms with van der Waals surface area (Å²) in [5, 5.41) is 0. The monoisotopic (exact) mass is 346 g/mol. The van der Waals surface area contributed by atoms with Gasteiger partial charge in [0, 0.05) is 43.0 Å². The fourth-order valence-electron chi connectivity index (χ4n) is 3.43. The van der Waals surface area contributed by atoms with Crippen LogP contribution in [0, 0.1) is 6.92 Å². The first-order valence-electron chi connectivity index (χ1n) is 8.96. The number of nitrogens with zero attached hydrogens (tertiary/aromatic N) is 2. The molecule has 4 rings (SSSR count). The van der Waals surface area contributed by atoms with Crippen molar-refractivity contribution < 1.29 is 9.21 Å². The third-order valence-corrected chi connectivity index (χ3v) is 4.98. The Hall–Kier alpha value is -3.01. The number of carbonyl (C=O) groups is 1. The fourth-order valence-corrected chi connectivity index (χ4v) is 3.43. The molecule has 1 aliphatic heterocycles. The highest BCUT2D eigenvalue weighted by Crippen LogP contribution is 2.24. The molecule has 1 amide bonds. The van der Waals surface area contributed by atoms with E-state index in [0.29, 0.717) is 0 Å². The highest BCUT2D eigenvalue weighted by atomic mass is 16.3. The standard InChI is InChI=1S/C22H22N2O2/c1-17-5-2-3-6-20(17)22(25)24-14-12-23(13-15-24)19-10-8-18(9-11-19)21-7-4-16-26-21/h2-11,16H,12-15H2,1H3. The molecule has 1 aliphatic rings. The summed E-state index contributed by atoms with van der Waals surface area (Å²) in [6.45, 7) is 5.17. The lowest BCUT2D eigenvalue weighted by molar-refractivity contribution is 0.0746. The number of rotatable bonds is 3. The van der Waals surface area contributed by atoms with Crippen LogP contribution in [-0.2, 0) is 0 Å². The molecule has 1 fully saturated rings. The van der Waals surface area contributed by atoms with Crippen LogP contribution in [0.1, 0.15) is 15.9 Å². The summed E-state index contributed by atoms with van der Waals surface area (Å²) < 4.78 is 5.44. The predicted octanol–water partition coefficient (Wildman–Crippen LogP) is 4.22. The van der Waals surface area contributed by atoms with Crippen molar-refractivity contribution in [2.24, 2.45) is 0 Å². The Morgan fingerprint density at radius 1 is 0.885 bits per heavy atom. The van der Waals surface area contributed by atoms with E-state index in [1.165, 1.54) is 5.69 Å². The third kappa shape index (κ3) is 3.23. The number of aryl methyl sites for hydroxylation is 1. The van der Waals surface area contributed by atoms with Gasteiger partial charge in [0.15, 0.2) is 0 Å². The van der Waals surface area contributed by atoms with Crippen LogP contribution in [0.4, 0.5) is 5.69 Å². The van der Waals surface area contributed by atoms with Gasteiger partial charge in [-0.05, 0) is 55.0 Å². The largest absolute Gasteiger partial charge is 0.464 e. The van der Waals surface area contributed by atoms with E-state index in [4.69, 9.17) is 4.42 Å². The van der Waals surface area contributed by atoms with Crippen LogP contribution in [0.2, 0.25) is 0 Å². The van der Waals surface area contributed by atoms with Crippen LogP contribution in [-0.4, -0.2) is 37.0 Å². The molecule has 4 nitrogen and oxygen atoms in total. The lowest BCUT2D eigenvalue weighted by Crippen LogP contribution is -2.48. The molecule has 2 heterocycles. The third-order valence-electron chi connectivity index (χ3n) is 4.98. The topological polar surface area (TPSA) is 36.7 Å². The maximum atomic E-state index is 12.7. The van der Waals surface area contributed by atoms with E-state index in [0.717, 1.165) is 48.6 Å². The minimum Gasteiger partial charge on any atom is -0.464 e. The van der Waals surface area contributed by atoms with Crippen LogP contribution in [0.25, 0.3) is 11.3 Å². The van der Waals surface area contributed by atoms with E-state index in [-0.39, 0.29) is 5.91 Å². The van der Waals surface area contributed by atoms with E-state index in [1.807, 2.05) is 48.2 Å². The second kappa shape index (κ2) is 7.08. The Bertz CT molecular complexity index is 877. The molecule has 2 aromatic carbocycles. The van der Waals surface area contributed by atoms with Gasteiger partial charge in [-0.2, -0.15) is 0 Å². The number of carbonyl (C=O) groups excluding carboxylic acids is 1. The Morgan fingerprint density at radius 3 is 2.27 bits per heavy atom. The highest BCUT2D eigenvalue weighted by molar-refractivity contribution is 5.95. The summed E-state index contributed by atoms with van der Waals surface area (Å²) in [7, 11) is 0. The van der Waals surface area contributed by atoms with Gasteiger partial charge in [0.1, 0.15) is 5.76 Å². The lowest BCUT2D eigenvalue weighted by Gasteiger charge is -2.36. The van der Waals surface area contributed by atoms with Crippen LogP contribution >= 0.6 is 0 Å². The quantitative estimate of drug-likeness (QED) is 0.712. The minimum atomic E-state index is 0.135.